The van der Waals surface area contributed by atoms with Crippen LogP contribution in [0, 0.1) is 0 Å². The number of nitrogens with one attached hydrogen (secondary N) is 2. The van der Waals surface area contributed by atoms with Crippen LogP contribution in [0.4, 0.5) is 10.8 Å². The number of amides is 1. The summed E-state index contributed by atoms with van der Waals surface area (Å²) in [5.41, 5.74) is 13.8. The number of nitrogens with zero attached hydrogens (tertiary/aromatic N) is 2. The van der Waals surface area contributed by atoms with E-state index < -0.39 is 16.1 Å². The highest BCUT2D eigenvalue weighted by atomic mass is 32.2. The zero-order chi connectivity index (χ0) is 25.2. The summed E-state index contributed by atoms with van der Waals surface area (Å²) in [6.45, 7) is 2.34. The first-order valence-electron chi connectivity index (χ1n) is 10.7. The highest BCUT2D eigenvalue weighted by Gasteiger charge is 2.23. The number of nitrogens with two attached hydrogens (primary N) is 2. The summed E-state index contributed by atoms with van der Waals surface area (Å²) in [6, 6.07) is 15.5. The number of hydrogen-bond donors (Lipinski definition) is 4. The molecule has 35 heavy (non-hydrogen) atoms. The molecule has 1 atom stereocenters. The Labute approximate surface area is 206 Å². The number of rotatable bonds is 9. The summed E-state index contributed by atoms with van der Waals surface area (Å²) in [7, 11) is -2.37. The molecule has 12 heteroatoms. The van der Waals surface area contributed by atoms with E-state index in [4.69, 9.17) is 16.2 Å². The first-order valence-corrected chi connectivity index (χ1v) is 13.0. The molecule has 6 N–H and O–H groups in total. The molecule has 0 aliphatic carbocycles. The second kappa shape index (κ2) is 9.94. The molecular formula is C23H26N6O4S2. The van der Waals surface area contributed by atoms with Gasteiger partial charge in [-0.15, -0.1) is 11.3 Å². The van der Waals surface area contributed by atoms with Crippen LogP contribution < -0.4 is 26.2 Å². The van der Waals surface area contributed by atoms with E-state index in [1.807, 2.05) is 36.4 Å². The van der Waals surface area contributed by atoms with Crippen LogP contribution >= 0.6 is 11.3 Å². The minimum Gasteiger partial charge on any atom is -0.496 e. The molecule has 4 rings (SSSR count). The Morgan fingerprint density at radius 2 is 1.91 bits per heavy atom. The van der Waals surface area contributed by atoms with Crippen LogP contribution in [0.15, 0.2) is 58.8 Å². The minimum absolute atomic E-state index is 0.0918. The van der Waals surface area contributed by atoms with Crippen LogP contribution in [0.25, 0.3) is 10.9 Å². The maximum atomic E-state index is 13.0. The Bertz CT molecular complexity index is 1480. The quantitative estimate of drug-likeness (QED) is 0.267. The molecule has 0 saturated carbocycles. The minimum atomic E-state index is -3.89. The number of benzene rings is 2. The molecular weight excluding hydrogens is 488 g/mol. The van der Waals surface area contributed by atoms with Crippen molar-refractivity contribution >= 4 is 49.0 Å². The number of fused-ring (bicyclic) bond motifs is 1. The highest BCUT2D eigenvalue weighted by molar-refractivity contribution is 7.94. The summed E-state index contributed by atoms with van der Waals surface area (Å²) < 4.78 is 35.8. The normalized spacial score (nSPS) is 12.4. The number of carbonyl (C=O) groups is 1. The fourth-order valence-electron chi connectivity index (χ4n) is 3.58. The zero-order valence-corrected chi connectivity index (χ0v) is 20.8. The number of nitrogen functional groups attached to an aromatic ring is 1. The smallest absolute Gasteiger partial charge is 0.272 e. The second-order valence-corrected chi connectivity index (χ2v) is 11.0. The van der Waals surface area contributed by atoms with Gasteiger partial charge in [0.1, 0.15) is 9.96 Å². The van der Waals surface area contributed by atoms with Gasteiger partial charge in [0, 0.05) is 6.54 Å². The summed E-state index contributed by atoms with van der Waals surface area (Å²) >= 11 is 0.972. The van der Waals surface area contributed by atoms with Gasteiger partial charge in [-0.2, -0.15) is 5.10 Å². The maximum absolute atomic E-state index is 13.0. The summed E-state index contributed by atoms with van der Waals surface area (Å²) in [4.78, 5) is 11.8. The summed E-state index contributed by atoms with van der Waals surface area (Å²) in [5, 5.41) is 8.31. The van der Waals surface area contributed by atoms with E-state index in [1.54, 1.807) is 23.7 Å². The SMILES string of the molecule is COc1cccc2c1c(NS(=O)(=O)c1ccc(N)s1)nn2Cc1cccc(CNC(=O)[C@H](C)N)c1. The van der Waals surface area contributed by atoms with Gasteiger partial charge in [-0.3, -0.25) is 14.2 Å². The summed E-state index contributed by atoms with van der Waals surface area (Å²) in [5.74, 6) is 0.416. The van der Waals surface area contributed by atoms with Crippen LogP contribution in [-0.2, 0) is 27.9 Å². The molecule has 0 bridgehead atoms. The monoisotopic (exact) mass is 514 g/mol. The van der Waals surface area contributed by atoms with Crippen LogP contribution in [-0.4, -0.2) is 37.3 Å². The molecule has 4 aromatic rings. The Kier molecular flexibility index (Phi) is 6.96. The molecule has 0 radical (unpaired) electrons. The van der Waals surface area contributed by atoms with E-state index in [1.165, 1.54) is 13.2 Å². The Balaban J connectivity index is 1.67. The van der Waals surface area contributed by atoms with E-state index in [0.29, 0.717) is 34.7 Å². The first-order chi connectivity index (χ1) is 16.7. The lowest BCUT2D eigenvalue weighted by Gasteiger charge is -2.10. The lowest BCUT2D eigenvalue weighted by atomic mass is 10.1. The van der Waals surface area contributed by atoms with Gasteiger partial charge >= 0.3 is 0 Å². The molecule has 0 aliphatic heterocycles. The van der Waals surface area contributed by atoms with Crippen LogP contribution in [0.5, 0.6) is 5.75 Å². The molecule has 2 heterocycles. The van der Waals surface area contributed by atoms with Gasteiger partial charge in [0.25, 0.3) is 10.0 Å². The van der Waals surface area contributed by atoms with Crippen molar-refractivity contribution in [2.24, 2.45) is 5.73 Å². The number of sulfonamides is 1. The fourth-order valence-corrected chi connectivity index (χ4v) is 5.68. The van der Waals surface area contributed by atoms with Crippen molar-refractivity contribution in [3.05, 3.63) is 65.7 Å². The molecule has 0 unspecified atom stereocenters. The van der Waals surface area contributed by atoms with Crippen molar-refractivity contribution in [2.75, 3.05) is 17.6 Å². The standard InChI is InChI=1S/C23H26N6O4S2/c1-14(24)23(30)26-12-15-5-3-6-16(11-15)13-29-17-7-4-8-18(33-2)21(17)22(27-29)28-35(31,32)20-10-9-19(25)34-20/h3-11,14H,12-13,24-25H2,1-2H3,(H,26,30)(H,27,28)/t14-/m0/s1. The van der Waals surface area contributed by atoms with E-state index in [9.17, 15) is 13.2 Å². The number of methoxy groups -OCH3 is 1. The Hall–Kier alpha value is -3.61. The van der Waals surface area contributed by atoms with Crippen molar-refractivity contribution < 1.29 is 17.9 Å². The molecule has 1 amide bonds. The van der Waals surface area contributed by atoms with E-state index >= 15 is 0 Å². The molecule has 2 aromatic carbocycles. The average Bonchev–Trinajstić information content (AvgIpc) is 3.41. The van der Waals surface area contributed by atoms with Crippen molar-refractivity contribution in [1.82, 2.24) is 15.1 Å². The molecule has 2 aromatic heterocycles. The fraction of sp³-hybridized carbons (Fsp3) is 0.217. The Morgan fingerprint density at radius 1 is 1.17 bits per heavy atom. The van der Waals surface area contributed by atoms with Gasteiger partial charge < -0.3 is 21.5 Å². The van der Waals surface area contributed by atoms with Crippen molar-refractivity contribution in [2.45, 2.75) is 30.3 Å². The van der Waals surface area contributed by atoms with Crippen LogP contribution in [0.3, 0.4) is 0 Å². The lowest BCUT2D eigenvalue weighted by Crippen LogP contribution is -2.37. The number of aromatic nitrogens is 2. The average molecular weight is 515 g/mol. The third kappa shape index (κ3) is 5.39. The van der Waals surface area contributed by atoms with Gasteiger partial charge in [-0.1, -0.05) is 30.3 Å². The third-order valence-corrected chi connectivity index (χ3v) is 8.01. The zero-order valence-electron chi connectivity index (χ0n) is 19.2. The van der Waals surface area contributed by atoms with Gasteiger partial charge in [-0.05, 0) is 42.3 Å². The van der Waals surface area contributed by atoms with Crippen molar-refractivity contribution in [1.29, 1.82) is 0 Å². The predicted octanol–water partition coefficient (Wildman–Crippen LogP) is 2.50. The molecule has 0 fully saturated rings. The van der Waals surface area contributed by atoms with Crippen LogP contribution in [0.2, 0.25) is 0 Å². The highest BCUT2D eigenvalue weighted by Crippen LogP contribution is 2.34. The molecule has 0 saturated heterocycles. The number of ether oxygens (including phenoxy) is 1. The number of carbonyl (C=O) groups excluding carboxylic acids is 1. The van der Waals surface area contributed by atoms with Gasteiger partial charge in [0.05, 0.1) is 35.6 Å². The van der Waals surface area contributed by atoms with Gasteiger partial charge in [-0.25, -0.2) is 8.42 Å². The van der Waals surface area contributed by atoms with Crippen LogP contribution in [0.1, 0.15) is 18.1 Å². The third-order valence-electron chi connectivity index (χ3n) is 5.26. The largest absolute Gasteiger partial charge is 0.496 e. The maximum Gasteiger partial charge on any atom is 0.272 e. The number of anilines is 2. The van der Waals surface area contributed by atoms with Gasteiger partial charge in [0.2, 0.25) is 5.91 Å². The predicted molar refractivity (Wildman–Crippen MR) is 137 cm³/mol. The van der Waals surface area contributed by atoms with Crippen molar-refractivity contribution in [3.63, 3.8) is 0 Å². The topological polar surface area (TPSA) is 154 Å². The van der Waals surface area contributed by atoms with E-state index in [2.05, 4.69) is 15.1 Å². The Morgan fingerprint density at radius 3 is 2.60 bits per heavy atom. The molecule has 0 aliphatic rings. The van der Waals surface area contributed by atoms with E-state index in [-0.39, 0.29) is 15.9 Å². The molecule has 10 nitrogen and oxygen atoms in total. The first kappa shape index (κ1) is 24.5. The number of thiophene rings is 1. The number of hydrogen-bond acceptors (Lipinski definition) is 8. The summed E-state index contributed by atoms with van der Waals surface area (Å²) in [6.07, 6.45) is 0. The van der Waals surface area contributed by atoms with E-state index in [0.717, 1.165) is 22.5 Å². The van der Waals surface area contributed by atoms with Crippen molar-refractivity contribution in [3.8, 4) is 5.75 Å². The lowest BCUT2D eigenvalue weighted by molar-refractivity contribution is -0.122. The molecule has 184 valence electrons. The molecule has 0 spiro atoms. The van der Waals surface area contributed by atoms with Gasteiger partial charge in [0.15, 0.2) is 5.82 Å². The second-order valence-electron chi connectivity index (χ2n) is 7.95.